The molecule has 2 aromatic heterocycles. The normalized spacial score (nSPS) is 12.8. The standard InChI is InChI=1S/C24H26N6O2/c1-15-11-20(22(25)31)23(27-13-16-4-5-16)30-21(15)18-6-8-19(9-7-18)29-24(32)28-14-17-3-2-10-26-12-17/h2-3,6-12,16H,4-5,13-14H2,1H3,(H2,25,31)(H,27,30)(H2,28,29,32). The smallest absolute Gasteiger partial charge is 0.319 e. The van der Waals surface area contributed by atoms with Crippen LogP contribution in [0.1, 0.15) is 34.3 Å². The number of urea groups is 1. The largest absolute Gasteiger partial charge is 0.369 e. The summed E-state index contributed by atoms with van der Waals surface area (Å²) in [6, 6.07) is 12.6. The first-order valence-electron chi connectivity index (χ1n) is 10.6. The molecule has 0 aliphatic heterocycles. The van der Waals surface area contributed by atoms with Crippen LogP contribution >= 0.6 is 0 Å². The molecule has 0 atom stereocenters. The molecule has 1 aliphatic rings. The Bertz CT molecular complexity index is 1110. The quantitative estimate of drug-likeness (QED) is 0.434. The van der Waals surface area contributed by atoms with E-state index < -0.39 is 5.91 Å². The summed E-state index contributed by atoms with van der Waals surface area (Å²) in [6.07, 6.45) is 5.79. The van der Waals surface area contributed by atoms with Crippen LogP contribution < -0.4 is 21.7 Å². The predicted octanol–water partition coefficient (Wildman–Crippen LogP) is 3.69. The van der Waals surface area contributed by atoms with Crippen LogP contribution in [0.5, 0.6) is 0 Å². The maximum atomic E-state index is 12.2. The number of nitrogens with two attached hydrogens (primary N) is 1. The molecular weight excluding hydrogens is 404 g/mol. The summed E-state index contributed by atoms with van der Waals surface area (Å²) in [4.78, 5) is 32.8. The van der Waals surface area contributed by atoms with Crippen molar-refractivity contribution in [3.8, 4) is 11.3 Å². The summed E-state index contributed by atoms with van der Waals surface area (Å²) in [6.45, 7) is 3.08. The van der Waals surface area contributed by atoms with E-state index in [-0.39, 0.29) is 6.03 Å². The molecule has 5 N–H and O–H groups in total. The van der Waals surface area contributed by atoms with Crippen molar-refractivity contribution in [3.05, 3.63) is 71.5 Å². The van der Waals surface area contributed by atoms with Crippen LogP contribution in [-0.4, -0.2) is 28.5 Å². The van der Waals surface area contributed by atoms with E-state index in [2.05, 4.69) is 20.9 Å². The average Bonchev–Trinajstić information content (AvgIpc) is 3.62. The van der Waals surface area contributed by atoms with Crippen molar-refractivity contribution in [3.63, 3.8) is 0 Å². The van der Waals surface area contributed by atoms with Gasteiger partial charge in [0.15, 0.2) is 0 Å². The van der Waals surface area contributed by atoms with Gasteiger partial charge in [0.2, 0.25) is 0 Å². The molecule has 0 spiro atoms. The van der Waals surface area contributed by atoms with Crippen LogP contribution in [0, 0.1) is 12.8 Å². The number of pyridine rings is 2. The second kappa shape index (κ2) is 9.47. The van der Waals surface area contributed by atoms with E-state index in [1.54, 1.807) is 18.5 Å². The first-order chi connectivity index (χ1) is 15.5. The van der Waals surface area contributed by atoms with Crippen LogP contribution in [0.25, 0.3) is 11.3 Å². The number of hydrogen-bond acceptors (Lipinski definition) is 5. The van der Waals surface area contributed by atoms with E-state index in [4.69, 9.17) is 10.7 Å². The summed E-state index contributed by atoms with van der Waals surface area (Å²) >= 11 is 0. The Kier molecular flexibility index (Phi) is 6.30. The van der Waals surface area contributed by atoms with E-state index in [9.17, 15) is 9.59 Å². The molecule has 2 heterocycles. The van der Waals surface area contributed by atoms with Crippen molar-refractivity contribution in [1.29, 1.82) is 0 Å². The lowest BCUT2D eigenvalue weighted by atomic mass is 10.0. The summed E-state index contributed by atoms with van der Waals surface area (Å²) < 4.78 is 0. The molecule has 1 saturated carbocycles. The number of aryl methyl sites for hydroxylation is 1. The van der Waals surface area contributed by atoms with Crippen LogP contribution in [0.3, 0.4) is 0 Å². The Labute approximate surface area is 186 Å². The van der Waals surface area contributed by atoms with Gasteiger partial charge in [-0.25, -0.2) is 9.78 Å². The van der Waals surface area contributed by atoms with E-state index in [1.165, 1.54) is 12.8 Å². The van der Waals surface area contributed by atoms with Crippen LogP contribution in [0.2, 0.25) is 0 Å². The summed E-state index contributed by atoms with van der Waals surface area (Å²) in [5.41, 5.74) is 10.0. The van der Waals surface area contributed by atoms with Gasteiger partial charge in [-0.05, 0) is 61.1 Å². The first-order valence-corrected chi connectivity index (χ1v) is 10.6. The lowest BCUT2D eigenvalue weighted by Gasteiger charge is -2.14. The molecular formula is C24H26N6O2. The molecule has 8 nitrogen and oxygen atoms in total. The van der Waals surface area contributed by atoms with Crippen molar-refractivity contribution in [2.75, 3.05) is 17.2 Å². The minimum Gasteiger partial charge on any atom is -0.369 e. The predicted molar refractivity (Wildman–Crippen MR) is 124 cm³/mol. The monoisotopic (exact) mass is 430 g/mol. The molecule has 1 aromatic carbocycles. The molecule has 4 rings (SSSR count). The van der Waals surface area contributed by atoms with Crippen molar-refractivity contribution in [1.82, 2.24) is 15.3 Å². The number of anilines is 2. The van der Waals surface area contributed by atoms with Crippen molar-refractivity contribution < 1.29 is 9.59 Å². The number of amides is 3. The van der Waals surface area contributed by atoms with E-state index in [0.29, 0.717) is 29.5 Å². The van der Waals surface area contributed by atoms with E-state index in [1.807, 2.05) is 43.3 Å². The van der Waals surface area contributed by atoms with Gasteiger partial charge in [-0.3, -0.25) is 9.78 Å². The number of nitrogens with zero attached hydrogens (tertiary/aromatic N) is 2. The fourth-order valence-electron chi connectivity index (χ4n) is 3.36. The van der Waals surface area contributed by atoms with Gasteiger partial charge >= 0.3 is 6.03 Å². The molecule has 0 bridgehead atoms. The number of primary amides is 1. The maximum absolute atomic E-state index is 12.2. The fourth-order valence-corrected chi connectivity index (χ4v) is 3.36. The van der Waals surface area contributed by atoms with Gasteiger partial charge < -0.3 is 21.7 Å². The zero-order valence-corrected chi connectivity index (χ0v) is 17.9. The topological polar surface area (TPSA) is 122 Å². The van der Waals surface area contributed by atoms with Gasteiger partial charge in [-0.2, -0.15) is 0 Å². The minimum atomic E-state index is -0.498. The SMILES string of the molecule is Cc1cc(C(N)=O)c(NCC2CC2)nc1-c1ccc(NC(=O)NCc2cccnc2)cc1. The van der Waals surface area contributed by atoms with E-state index in [0.717, 1.165) is 28.9 Å². The molecule has 0 radical (unpaired) electrons. The number of hydrogen-bond donors (Lipinski definition) is 4. The summed E-state index contributed by atoms with van der Waals surface area (Å²) in [7, 11) is 0. The summed E-state index contributed by atoms with van der Waals surface area (Å²) in [5, 5.41) is 8.89. The molecule has 1 aliphatic carbocycles. The highest BCUT2D eigenvalue weighted by Gasteiger charge is 2.22. The number of carbonyl (C=O) groups is 2. The van der Waals surface area contributed by atoms with Gasteiger partial charge in [0.05, 0.1) is 11.3 Å². The molecule has 0 unspecified atom stereocenters. The van der Waals surface area contributed by atoms with Gasteiger partial charge in [-0.1, -0.05) is 18.2 Å². The van der Waals surface area contributed by atoms with Crippen molar-refractivity contribution in [2.45, 2.75) is 26.3 Å². The average molecular weight is 431 g/mol. The molecule has 1 fully saturated rings. The van der Waals surface area contributed by atoms with Gasteiger partial charge in [0.25, 0.3) is 5.91 Å². The molecule has 8 heteroatoms. The highest BCUT2D eigenvalue weighted by Crippen LogP contribution is 2.31. The fraction of sp³-hybridized carbons (Fsp3) is 0.250. The van der Waals surface area contributed by atoms with Gasteiger partial charge in [-0.15, -0.1) is 0 Å². The minimum absolute atomic E-state index is 0.298. The Morgan fingerprint density at radius 2 is 1.94 bits per heavy atom. The molecule has 0 saturated heterocycles. The molecule has 3 amide bonds. The molecule has 32 heavy (non-hydrogen) atoms. The lowest BCUT2D eigenvalue weighted by Crippen LogP contribution is -2.28. The second-order valence-electron chi connectivity index (χ2n) is 7.98. The number of rotatable bonds is 8. The second-order valence-corrected chi connectivity index (χ2v) is 7.98. The number of nitrogens with one attached hydrogen (secondary N) is 3. The summed E-state index contributed by atoms with van der Waals surface area (Å²) in [5.74, 6) is 0.654. The Balaban J connectivity index is 1.45. The lowest BCUT2D eigenvalue weighted by molar-refractivity contribution is 0.100. The highest BCUT2D eigenvalue weighted by atomic mass is 16.2. The number of benzene rings is 1. The highest BCUT2D eigenvalue weighted by molar-refractivity contribution is 5.98. The van der Waals surface area contributed by atoms with Crippen LogP contribution in [0.4, 0.5) is 16.3 Å². The number of aromatic nitrogens is 2. The van der Waals surface area contributed by atoms with E-state index >= 15 is 0 Å². The Morgan fingerprint density at radius 1 is 1.16 bits per heavy atom. The molecule has 164 valence electrons. The van der Waals surface area contributed by atoms with Gasteiger partial charge in [0, 0.05) is 36.7 Å². The zero-order valence-electron chi connectivity index (χ0n) is 17.9. The Hall–Kier alpha value is -3.94. The maximum Gasteiger partial charge on any atom is 0.319 e. The zero-order chi connectivity index (χ0) is 22.5. The third kappa shape index (κ3) is 5.40. The van der Waals surface area contributed by atoms with Crippen LogP contribution in [-0.2, 0) is 6.54 Å². The van der Waals surface area contributed by atoms with Crippen molar-refractivity contribution >= 4 is 23.4 Å². The Morgan fingerprint density at radius 3 is 2.59 bits per heavy atom. The van der Waals surface area contributed by atoms with Crippen LogP contribution in [0.15, 0.2) is 54.9 Å². The number of carbonyl (C=O) groups excluding carboxylic acids is 2. The van der Waals surface area contributed by atoms with Gasteiger partial charge in [0.1, 0.15) is 5.82 Å². The third-order valence-electron chi connectivity index (χ3n) is 5.33. The third-order valence-corrected chi connectivity index (χ3v) is 5.33. The first kappa shape index (κ1) is 21.3. The molecule has 3 aromatic rings. The van der Waals surface area contributed by atoms with Crippen molar-refractivity contribution in [2.24, 2.45) is 11.7 Å².